The molecule has 37 heavy (non-hydrogen) atoms. The standard InChI is InChI=1S/C19H22F3N9O3S3/c20-19(21,22)8-25-18(35)23-3-1-2-10-4-24-17(27-10)28-12-14(32)31-13(16(33)34)9(7-37-15(12)31)6-36-11-5-26-30-29-11/h4-5,12,15H,1-3,6-8H2,(H,33,34)(H2,23,25,35)(H2,24,27,28)(H,26,29,30)/t12?,15-/m0/s1. The van der Waals surface area contributed by atoms with Crippen LogP contribution in [0.1, 0.15) is 12.1 Å². The molecule has 2 atom stereocenters. The number of nitrogens with zero attached hydrogens (tertiary/aromatic N) is 4. The summed E-state index contributed by atoms with van der Waals surface area (Å²) in [6.07, 6.45) is 0.0186. The molecule has 2 aromatic heterocycles. The van der Waals surface area contributed by atoms with E-state index in [-0.39, 0.29) is 22.1 Å². The third-order valence-corrected chi connectivity index (χ3v) is 7.92. The van der Waals surface area contributed by atoms with Gasteiger partial charge in [0, 0.05) is 24.2 Å². The largest absolute Gasteiger partial charge is 0.477 e. The summed E-state index contributed by atoms with van der Waals surface area (Å²) in [7, 11) is 0. The number of amides is 1. The number of aromatic amines is 2. The highest BCUT2D eigenvalue weighted by Gasteiger charge is 2.53. The van der Waals surface area contributed by atoms with Crippen molar-refractivity contribution < 1.29 is 27.9 Å². The number of carboxylic acids is 1. The van der Waals surface area contributed by atoms with Crippen LogP contribution in [0.25, 0.3) is 0 Å². The van der Waals surface area contributed by atoms with Gasteiger partial charge < -0.3 is 26.0 Å². The number of fused-ring (bicyclic) bond motifs is 1. The van der Waals surface area contributed by atoms with Gasteiger partial charge in [-0.05, 0) is 30.6 Å². The summed E-state index contributed by atoms with van der Waals surface area (Å²) in [4.78, 5) is 33.5. The Balaban J connectivity index is 1.26. The third-order valence-electron chi connectivity index (χ3n) is 5.31. The first-order chi connectivity index (χ1) is 17.6. The Hall–Kier alpha value is -2.99. The summed E-state index contributed by atoms with van der Waals surface area (Å²) in [6, 6.07) is -0.637. The van der Waals surface area contributed by atoms with Crippen LogP contribution in [0.4, 0.5) is 19.1 Å². The van der Waals surface area contributed by atoms with Crippen molar-refractivity contribution >= 4 is 58.7 Å². The van der Waals surface area contributed by atoms with Gasteiger partial charge in [0.05, 0.1) is 11.9 Å². The van der Waals surface area contributed by atoms with Gasteiger partial charge in [-0.3, -0.25) is 14.8 Å². The minimum atomic E-state index is -4.34. The minimum absolute atomic E-state index is 0.00179. The first-order valence-corrected chi connectivity index (χ1v) is 13.3. The molecule has 0 saturated carbocycles. The van der Waals surface area contributed by atoms with E-state index in [4.69, 9.17) is 12.2 Å². The number of carboxylic acid groups (broad SMARTS) is 1. The maximum atomic E-state index is 12.9. The number of aliphatic carboxylic acids is 1. The number of thiocarbonyl (C=S) groups is 1. The summed E-state index contributed by atoms with van der Waals surface area (Å²) in [6.45, 7) is -0.841. The van der Waals surface area contributed by atoms with E-state index in [2.05, 4.69) is 41.3 Å². The van der Waals surface area contributed by atoms with Crippen molar-refractivity contribution in [2.75, 3.05) is 29.9 Å². The molecule has 2 aliphatic rings. The number of H-pyrrole nitrogens is 2. The average molecular weight is 578 g/mol. The number of thioether (sulfide) groups is 2. The molecule has 1 amide bonds. The van der Waals surface area contributed by atoms with Crippen molar-refractivity contribution in [3.63, 3.8) is 0 Å². The number of carbonyl (C=O) groups excluding carboxylic acids is 1. The lowest BCUT2D eigenvalue weighted by Crippen LogP contribution is -2.67. The molecule has 1 saturated heterocycles. The van der Waals surface area contributed by atoms with Crippen molar-refractivity contribution in [2.45, 2.75) is 35.5 Å². The van der Waals surface area contributed by atoms with E-state index in [1.165, 1.54) is 28.4 Å². The Bertz CT molecular complexity index is 1170. The molecule has 2 aromatic rings. The minimum Gasteiger partial charge on any atom is -0.477 e. The van der Waals surface area contributed by atoms with E-state index >= 15 is 0 Å². The molecule has 12 nitrogen and oxygen atoms in total. The fourth-order valence-electron chi connectivity index (χ4n) is 3.64. The summed E-state index contributed by atoms with van der Waals surface area (Å²) in [5.74, 6) is -0.322. The van der Waals surface area contributed by atoms with Gasteiger partial charge in [-0.2, -0.15) is 13.2 Å². The molecule has 0 aromatic carbocycles. The molecule has 4 heterocycles. The van der Waals surface area contributed by atoms with Gasteiger partial charge in [0.1, 0.15) is 28.7 Å². The van der Waals surface area contributed by atoms with Gasteiger partial charge in [0.25, 0.3) is 5.91 Å². The number of hydrogen-bond acceptors (Lipinski definition) is 9. The van der Waals surface area contributed by atoms with Gasteiger partial charge >= 0.3 is 12.1 Å². The molecule has 1 unspecified atom stereocenters. The lowest BCUT2D eigenvalue weighted by molar-refractivity contribution is -0.147. The fraction of sp³-hybridized carbons (Fsp3) is 0.474. The zero-order valence-corrected chi connectivity index (χ0v) is 21.4. The van der Waals surface area contributed by atoms with Crippen LogP contribution in [0.3, 0.4) is 0 Å². The van der Waals surface area contributed by atoms with Crippen LogP contribution in [0.2, 0.25) is 0 Å². The maximum absolute atomic E-state index is 12.9. The third kappa shape index (κ3) is 6.86. The van der Waals surface area contributed by atoms with Gasteiger partial charge in [0.15, 0.2) is 5.11 Å². The normalized spacial score (nSPS) is 19.3. The smallest absolute Gasteiger partial charge is 0.405 e. The van der Waals surface area contributed by atoms with E-state index in [1.54, 1.807) is 12.4 Å². The summed E-state index contributed by atoms with van der Waals surface area (Å²) in [5, 5.41) is 27.9. The van der Waals surface area contributed by atoms with Gasteiger partial charge in [0.2, 0.25) is 5.95 Å². The molecular weight excluding hydrogens is 555 g/mol. The highest BCUT2D eigenvalue weighted by atomic mass is 32.2. The van der Waals surface area contributed by atoms with Crippen molar-refractivity contribution in [2.24, 2.45) is 0 Å². The van der Waals surface area contributed by atoms with E-state index in [0.29, 0.717) is 53.1 Å². The van der Waals surface area contributed by atoms with E-state index in [0.717, 1.165) is 0 Å². The predicted molar refractivity (Wildman–Crippen MR) is 134 cm³/mol. The molecule has 4 rings (SSSR count). The molecule has 18 heteroatoms. The topological polar surface area (TPSA) is 164 Å². The van der Waals surface area contributed by atoms with Crippen molar-refractivity contribution in [1.82, 2.24) is 40.9 Å². The number of hydrogen-bond donors (Lipinski definition) is 6. The molecule has 6 N–H and O–H groups in total. The summed E-state index contributed by atoms with van der Waals surface area (Å²) < 4.78 is 36.6. The Morgan fingerprint density at radius 2 is 2.16 bits per heavy atom. The quantitative estimate of drug-likeness (QED) is 0.0984. The van der Waals surface area contributed by atoms with E-state index in [9.17, 15) is 27.9 Å². The van der Waals surface area contributed by atoms with Crippen LogP contribution < -0.4 is 16.0 Å². The molecule has 200 valence electrons. The Morgan fingerprint density at radius 3 is 2.86 bits per heavy atom. The SMILES string of the molecule is O=C(O)C1=C(CSc2c[nH]nn2)CS[C@H]2C(Nc3nc(CCCNC(=S)NCC(F)(F)F)c[nH]3)C(=O)N12. The summed E-state index contributed by atoms with van der Waals surface area (Å²) >= 11 is 7.61. The van der Waals surface area contributed by atoms with Crippen molar-refractivity contribution in [3.05, 3.63) is 29.4 Å². The van der Waals surface area contributed by atoms with Crippen LogP contribution in [0.5, 0.6) is 0 Å². The number of aromatic nitrogens is 5. The molecule has 0 spiro atoms. The second-order valence-corrected chi connectivity index (χ2v) is 10.5. The van der Waals surface area contributed by atoms with Crippen LogP contribution in [-0.4, -0.2) is 94.6 Å². The number of imidazole rings is 1. The average Bonchev–Trinajstić information content (AvgIpc) is 3.53. The molecule has 0 radical (unpaired) electrons. The highest BCUT2D eigenvalue weighted by Crippen LogP contribution is 2.42. The number of aryl methyl sites for hydroxylation is 1. The first-order valence-electron chi connectivity index (χ1n) is 10.9. The number of carbonyl (C=O) groups is 2. The van der Waals surface area contributed by atoms with E-state index in [1.807, 2.05) is 0 Å². The van der Waals surface area contributed by atoms with Crippen LogP contribution >= 0.6 is 35.7 Å². The Morgan fingerprint density at radius 1 is 1.35 bits per heavy atom. The van der Waals surface area contributed by atoms with Crippen LogP contribution in [0, 0.1) is 0 Å². The molecule has 0 aliphatic carbocycles. The van der Waals surface area contributed by atoms with Gasteiger partial charge in [-0.25, -0.2) is 9.78 Å². The second kappa shape index (κ2) is 11.6. The van der Waals surface area contributed by atoms with E-state index < -0.39 is 24.7 Å². The van der Waals surface area contributed by atoms with Crippen molar-refractivity contribution in [3.8, 4) is 0 Å². The lowest BCUT2D eigenvalue weighted by atomic mass is 10.0. The van der Waals surface area contributed by atoms with Crippen molar-refractivity contribution in [1.29, 1.82) is 0 Å². The zero-order chi connectivity index (χ0) is 26.6. The molecule has 0 bridgehead atoms. The molecule has 1 fully saturated rings. The Labute approximate surface area is 222 Å². The number of β-lactam (4-membered cyclic amide) rings is 1. The molecule has 2 aliphatic heterocycles. The van der Waals surface area contributed by atoms with Crippen LogP contribution in [0.15, 0.2) is 28.7 Å². The zero-order valence-electron chi connectivity index (χ0n) is 19.0. The Kier molecular flexibility index (Phi) is 8.48. The monoisotopic (exact) mass is 577 g/mol. The van der Waals surface area contributed by atoms with Gasteiger partial charge in [-0.1, -0.05) is 17.0 Å². The lowest BCUT2D eigenvalue weighted by Gasteiger charge is -2.49. The fourth-order valence-corrected chi connectivity index (χ4v) is 6.09. The number of nitrogens with one attached hydrogen (secondary N) is 5. The number of rotatable bonds is 11. The predicted octanol–water partition coefficient (Wildman–Crippen LogP) is 1.31. The summed E-state index contributed by atoms with van der Waals surface area (Å²) in [5.41, 5.74) is 1.32. The molecular formula is C19H22F3N9O3S3. The first kappa shape index (κ1) is 27.1. The van der Waals surface area contributed by atoms with Gasteiger partial charge in [-0.15, -0.1) is 16.9 Å². The second-order valence-electron chi connectivity index (χ2n) is 7.96. The number of anilines is 1. The maximum Gasteiger partial charge on any atom is 0.405 e. The number of halogens is 3. The highest BCUT2D eigenvalue weighted by molar-refractivity contribution is 8.01. The number of alkyl halides is 3. The van der Waals surface area contributed by atoms with Crippen LogP contribution in [-0.2, 0) is 16.0 Å².